The van der Waals surface area contributed by atoms with Gasteiger partial charge in [0.1, 0.15) is 0 Å². The van der Waals surface area contributed by atoms with E-state index in [0.29, 0.717) is 28.9 Å². The Balaban J connectivity index is 2.15. The van der Waals surface area contributed by atoms with Gasteiger partial charge in [0.25, 0.3) is 0 Å². The maximum Gasteiger partial charge on any atom is 0.311 e. The van der Waals surface area contributed by atoms with E-state index in [1.807, 2.05) is 0 Å². The van der Waals surface area contributed by atoms with Crippen molar-refractivity contribution in [3.05, 3.63) is 28.2 Å². The zero-order chi connectivity index (χ0) is 14.0. The molecule has 0 N–H and O–H groups in total. The lowest BCUT2D eigenvalue weighted by Gasteiger charge is -2.17. The zero-order valence-electron chi connectivity index (χ0n) is 10.4. The molecule has 0 radical (unpaired) electrons. The molecule has 0 unspecified atom stereocenters. The van der Waals surface area contributed by atoms with Gasteiger partial charge >= 0.3 is 5.97 Å². The van der Waals surface area contributed by atoms with E-state index in [0.717, 1.165) is 0 Å². The molecule has 1 saturated heterocycles. The second-order valence-corrected chi connectivity index (χ2v) is 5.07. The van der Waals surface area contributed by atoms with Crippen molar-refractivity contribution in [3.63, 3.8) is 0 Å². The van der Waals surface area contributed by atoms with Crippen molar-refractivity contribution >= 4 is 40.8 Å². The van der Waals surface area contributed by atoms with E-state index in [4.69, 9.17) is 27.9 Å². The predicted molar refractivity (Wildman–Crippen MR) is 73.6 cm³/mol. The third-order valence-corrected chi connectivity index (χ3v) is 3.70. The number of benzene rings is 1. The first kappa shape index (κ1) is 14.2. The summed E-state index contributed by atoms with van der Waals surface area (Å²) in [5, 5.41) is 0.811. The number of nitrogens with zero attached hydrogens (tertiary/aromatic N) is 1. The standard InChI is InChI=1S/C13H13Cl2NO3/c1-2-19-13(18)8-5-12(17)16(7-8)9-3-4-10(14)11(15)6-9/h3-4,6,8H,2,5,7H2,1H3/t8-/m1/s1. The first-order valence-corrected chi connectivity index (χ1v) is 6.70. The van der Waals surface area contributed by atoms with E-state index in [-0.39, 0.29) is 18.3 Å². The molecule has 0 aromatic heterocycles. The largest absolute Gasteiger partial charge is 0.466 e. The molecule has 19 heavy (non-hydrogen) atoms. The molecule has 1 aliphatic heterocycles. The Hall–Kier alpha value is -1.26. The lowest BCUT2D eigenvalue weighted by Crippen LogP contribution is -2.26. The van der Waals surface area contributed by atoms with Crippen LogP contribution in [0.1, 0.15) is 13.3 Å². The van der Waals surface area contributed by atoms with Crippen LogP contribution in [0.4, 0.5) is 5.69 Å². The molecule has 1 amide bonds. The summed E-state index contributed by atoms with van der Waals surface area (Å²) >= 11 is 11.8. The number of anilines is 1. The molecule has 1 aromatic carbocycles. The van der Waals surface area contributed by atoms with E-state index in [9.17, 15) is 9.59 Å². The van der Waals surface area contributed by atoms with Gasteiger partial charge in [0.2, 0.25) is 5.91 Å². The quantitative estimate of drug-likeness (QED) is 0.807. The van der Waals surface area contributed by atoms with E-state index in [1.54, 1.807) is 25.1 Å². The van der Waals surface area contributed by atoms with Gasteiger partial charge in [-0.15, -0.1) is 0 Å². The summed E-state index contributed by atoms with van der Waals surface area (Å²) in [4.78, 5) is 25.1. The van der Waals surface area contributed by atoms with Gasteiger partial charge < -0.3 is 9.64 Å². The monoisotopic (exact) mass is 301 g/mol. The van der Waals surface area contributed by atoms with Crippen LogP contribution in [0.15, 0.2) is 18.2 Å². The van der Waals surface area contributed by atoms with Gasteiger partial charge in [0, 0.05) is 18.7 Å². The fraction of sp³-hybridized carbons (Fsp3) is 0.385. The molecular weight excluding hydrogens is 289 g/mol. The molecule has 0 aliphatic carbocycles. The molecular formula is C13H13Cl2NO3. The summed E-state index contributed by atoms with van der Waals surface area (Å²) in [7, 11) is 0. The highest BCUT2D eigenvalue weighted by Gasteiger charge is 2.36. The van der Waals surface area contributed by atoms with E-state index in [1.165, 1.54) is 4.90 Å². The molecule has 0 spiro atoms. The van der Waals surface area contributed by atoms with Crippen molar-refractivity contribution in [2.45, 2.75) is 13.3 Å². The smallest absolute Gasteiger partial charge is 0.311 e. The minimum absolute atomic E-state index is 0.114. The lowest BCUT2D eigenvalue weighted by atomic mass is 10.1. The summed E-state index contributed by atoms with van der Waals surface area (Å²) in [6, 6.07) is 4.96. The first-order chi connectivity index (χ1) is 9.02. The molecule has 4 nitrogen and oxygen atoms in total. The summed E-state index contributed by atoms with van der Waals surface area (Å²) in [6.07, 6.45) is 0.166. The number of hydrogen-bond acceptors (Lipinski definition) is 3. The van der Waals surface area contributed by atoms with Gasteiger partial charge in [-0.1, -0.05) is 23.2 Å². The molecule has 0 saturated carbocycles. The number of hydrogen-bond donors (Lipinski definition) is 0. The van der Waals surface area contributed by atoms with Crippen LogP contribution in [-0.4, -0.2) is 25.0 Å². The summed E-state index contributed by atoms with van der Waals surface area (Å²) in [5.41, 5.74) is 0.645. The Kier molecular flexibility index (Phi) is 4.32. The highest BCUT2D eigenvalue weighted by molar-refractivity contribution is 6.42. The Labute approximate surface area is 121 Å². The van der Waals surface area contributed by atoms with Gasteiger partial charge in [-0.05, 0) is 25.1 Å². The van der Waals surface area contributed by atoms with Gasteiger partial charge in [0.05, 0.1) is 22.6 Å². The van der Waals surface area contributed by atoms with Crippen LogP contribution in [0.25, 0.3) is 0 Å². The van der Waals surface area contributed by atoms with Gasteiger partial charge in [0.15, 0.2) is 0 Å². The maximum atomic E-state index is 11.9. The second-order valence-electron chi connectivity index (χ2n) is 4.26. The molecule has 102 valence electrons. The summed E-state index contributed by atoms with van der Waals surface area (Å²) in [6.45, 7) is 2.37. The lowest BCUT2D eigenvalue weighted by molar-refractivity contribution is -0.147. The summed E-state index contributed by atoms with van der Waals surface area (Å²) in [5.74, 6) is -0.864. The zero-order valence-corrected chi connectivity index (χ0v) is 11.9. The van der Waals surface area contributed by atoms with Crippen LogP contribution in [0.2, 0.25) is 10.0 Å². The first-order valence-electron chi connectivity index (χ1n) is 5.95. The molecule has 1 aromatic rings. The molecule has 1 aliphatic rings. The summed E-state index contributed by atoms with van der Waals surface area (Å²) < 4.78 is 4.94. The Bertz CT molecular complexity index is 519. The normalized spacial score (nSPS) is 18.8. The van der Waals surface area contributed by atoms with Gasteiger partial charge in [-0.3, -0.25) is 9.59 Å². The Morgan fingerprint density at radius 2 is 2.16 bits per heavy atom. The molecule has 1 atom stereocenters. The number of carbonyl (C=O) groups is 2. The van der Waals surface area contributed by atoms with Crippen LogP contribution < -0.4 is 4.90 Å². The predicted octanol–water partition coefficient (Wildman–Crippen LogP) is 2.91. The minimum Gasteiger partial charge on any atom is -0.466 e. The van der Waals surface area contributed by atoms with Crippen LogP contribution in [0.3, 0.4) is 0 Å². The molecule has 6 heteroatoms. The van der Waals surface area contributed by atoms with Crippen LogP contribution in [0, 0.1) is 5.92 Å². The number of ether oxygens (including phenoxy) is 1. The van der Waals surface area contributed by atoms with Crippen molar-refractivity contribution in [2.24, 2.45) is 5.92 Å². The molecule has 0 bridgehead atoms. The van der Waals surface area contributed by atoms with Crippen molar-refractivity contribution in [2.75, 3.05) is 18.1 Å². The number of rotatable bonds is 3. The number of amides is 1. The SMILES string of the molecule is CCOC(=O)[C@@H]1CC(=O)N(c2ccc(Cl)c(Cl)c2)C1. The molecule has 1 fully saturated rings. The van der Waals surface area contributed by atoms with E-state index >= 15 is 0 Å². The third kappa shape index (κ3) is 3.01. The van der Waals surface area contributed by atoms with E-state index < -0.39 is 5.92 Å². The number of halogens is 2. The Morgan fingerprint density at radius 1 is 1.42 bits per heavy atom. The molecule has 1 heterocycles. The fourth-order valence-electron chi connectivity index (χ4n) is 2.03. The average Bonchev–Trinajstić information content (AvgIpc) is 2.75. The van der Waals surface area contributed by atoms with Crippen molar-refractivity contribution in [1.29, 1.82) is 0 Å². The highest BCUT2D eigenvalue weighted by Crippen LogP contribution is 2.31. The van der Waals surface area contributed by atoms with Gasteiger partial charge in [-0.2, -0.15) is 0 Å². The minimum atomic E-state index is -0.415. The van der Waals surface area contributed by atoms with Crippen LogP contribution in [-0.2, 0) is 14.3 Å². The van der Waals surface area contributed by atoms with Crippen molar-refractivity contribution in [3.8, 4) is 0 Å². The number of carbonyl (C=O) groups excluding carboxylic acids is 2. The second kappa shape index (κ2) is 5.80. The van der Waals surface area contributed by atoms with Crippen molar-refractivity contribution < 1.29 is 14.3 Å². The van der Waals surface area contributed by atoms with Crippen LogP contribution in [0.5, 0.6) is 0 Å². The van der Waals surface area contributed by atoms with Crippen LogP contribution >= 0.6 is 23.2 Å². The van der Waals surface area contributed by atoms with Gasteiger partial charge in [-0.25, -0.2) is 0 Å². The topological polar surface area (TPSA) is 46.6 Å². The highest BCUT2D eigenvalue weighted by atomic mass is 35.5. The molecule has 2 rings (SSSR count). The fourth-order valence-corrected chi connectivity index (χ4v) is 2.32. The third-order valence-electron chi connectivity index (χ3n) is 2.96. The number of esters is 1. The van der Waals surface area contributed by atoms with E-state index in [2.05, 4.69) is 0 Å². The maximum absolute atomic E-state index is 11.9. The van der Waals surface area contributed by atoms with Crippen molar-refractivity contribution in [1.82, 2.24) is 0 Å². The average molecular weight is 302 g/mol. The Morgan fingerprint density at radius 3 is 2.79 bits per heavy atom.